The first-order valence-corrected chi connectivity index (χ1v) is 20.0. The Hall–Kier alpha value is -5.34. The van der Waals surface area contributed by atoms with Gasteiger partial charge in [-0.25, -0.2) is 13.9 Å². The van der Waals surface area contributed by atoms with Crippen molar-refractivity contribution in [3.05, 3.63) is 101 Å². The number of carbonyl (C=O) groups is 2. The zero-order chi connectivity index (χ0) is 40.7. The number of likely N-dealkylation sites (N-methyl/N-ethyl adjacent to an activating group) is 1. The maximum atomic E-state index is 15.6. The standard InChI is InChI=1S/C41H53FN10O2.C2H4O/c1-41(2,3)36-25-38(52(47-36)34-24-28(12-14-32(34)42)26-49-22-20-48(4)21-23-49)46-40(53)45-33-15-16-35(31-11-7-6-10-30(31)33)54-29-13-17-37(43)51(27-29)39(44)50-18-8-5-9-19-50;1-2-3/h6-7,10-14,17,24-25,27,33,35,43-44H,5,8-9,15-16,18-23,26H2,1-4H3,(H2,45,46,53);2H,1H3/t33-,35+;/m0./s1. The van der Waals surface area contributed by atoms with Gasteiger partial charge in [-0.3, -0.25) is 25.6 Å². The summed E-state index contributed by atoms with van der Waals surface area (Å²) in [5.41, 5.74) is 3.84. The number of halogens is 1. The van der Waals surface area contributed by atoms with Gasteiger partial charge in [0.05, 0.1) is 17.9 Å². The van der Waals surface area contributed by atoms with Gasteiger partial charge in [-0.15, -0.1) is 0 Å². The summed E-state index contributed by atoms with van der Waals surface area (Å²) in [7, 11) is 2.13. The van der Waals surface area contributed by atoms with Crippen LogP contribution in [0.15, 0.2) is 66.9 Å². The quantitative estimate of drug-likeness (QED) is 0.0941. The summed E-state index contributed by atoms with van der Waals surface area (Å²) in [4.78, 5) is 29.3. The van der Waals surface area contributed by atoms with Crippen molar-refractivity contribution in [2.24, 2.45) is 0 Å². The van der Waals surface area contributed by atoms with E-state index < -0.39 is 11.8 Å². The second kappa shape index (κ2) is 18.3. The van der Waals surface area contributed by atoms with E-state index in [0.717, 1.165) is 80.8 Å². The van der Waals surface area contributed by atoms with E-state index in [1.807, 2.05) is 68.1 Å². The molecule has 0 radical (unpaired) electrons. The molecule has 2 amide bonds. The van der Waals surface area contributed by atoms with E-state index in [-0.39, 0.29) is 23.0 Å². The molecule has 0 spiro atoms. The molecule has 57 heavy (non-hydrogen) atoms. The van der Waals surface area contributed by atoms with Crippen LogP contribution in [-0.2, 0) is 16.8 Å². The summed E-state index contributed by atoms with van der Waals surface area (Å²) < 4.78 is 25.2. The van der Waals surface area contributed by atoms with E-state index in [0.29, 0.717) is 42.6 Å². The van der Waals surface area contributed by atoms with Gasteiger partial charge in [0.1, 0.15) is 40.9 Å². The highest BCUT2D eigenvalue weighted by atomic mass is 19.1. The highest BCUT2D eigenvalue weighted by Crippen LogP contribution is 2.39. The molecule has 14 heteroatoms. The molecular weight excluding hydrogens is 724 g/mol. The van der Waals surface area contributed by atoms with E-state index in [4.69, 9.17) is 25.4 Å². The molecule has 7 rings (SSSR count). The molecule has 2 aromatic heterocycles. The van der Waals surface area contributed by atoms with E-state index in [1.54, 1.807) is 22.9 Å². The topological polar surface area (TPSA) is 148 Å². The molecule has 4 N–H and O–H groups in total. The number of benzene rings is 2. The summed E-state index contributed by atoms with van der Waals surface area (Å²) in [5, 5.41) is 28.2. The highest BCUT2D eigenvalue weighted by Gasteiger charge is 2.31. The number of fused-ring (bicyclic) bond motifs is 1. The molecule has 0 saturated carbocycles. The molecular formula is C43H57FN10O3. The summed E-state index contributed by atoms with van der Waals surface area (Å²) >= 11 is 0. The third-order valence-corrected chi connectivity index (χ3v) is 10.8. The molecule has 2 aromatic carbocycles. The van der Waals surface area contributed by atoms with E-state index in [1.165, 1.54) is 24.1 Å². The number of likely N-dealkylation sites (tertiary alicyclic amines) is 1. The first-order chi connectivity index (χ1) is 27.3. The number of piperidine rings is 1. The summed E-state index contributed by atoms with van der Waals surface area (Å²) in [6.45, 7) is 13.8. The number of hydrogen-bond donors (Lipinski definition) is 4. The van der Waals surface area contributed by atoms with Crippen LogP contribution < -0.4 is 20.9 Å². The average Bonchev–Trinajstić information content (AvgIpc) is 3.62. The number of nitrogens with zero attached hydrogens (tertiary/aromatic N) is 6. The molecule has 304 valence electrons. The van der Waals surface area contributed by atoms with Crippen LogP contribution in [0.5, 0.6) is 5.75 Å². The van der Waals surface area contributed by atoms with E-state index in [9.17, 15) is 4.79 Å². The van der Waals surface area contributed by atoms with E-state index in [2.05, 4.69) is 27.5 Å². The lowest BCUT2D eigenvalue weighted by molar-refractivity contribution is -0.106. The van der Waals surface area contributed by atoms with Crippen molar-refractivity contribution in [2.75, 3.05) is 51.6 Å². The Kier molecular flexibility index (Phi) is 13.2. The molecule has 2 aliphatic heterocycles. The third kappa shape index (κ3) is 10.2. The monoisotopic (exact) mass is 780 g/mol. The Morgan fingerprint density at radius 1 is 0.965 bits per heavy atom. The Morgan fingerprint density at radius 3 is 2.37 bits per heavy atom. The fourth-order valence-electron chi connectivity index (χ4n) is 7.59. The van der Waals surface area contributed by atoms with Gasteiger partial charge < -0.3 is 24.6 Å². The Morgan fingerprint density at radius 2 is 1.67 bits per heavy atom. The van der Waals surface area contributed by atoms with E-state index >= 15 is 4.39 Å². The van der Waals surface area contributed by atoms with Crippen molar-refractivity contribution in [1.29, 1.82) is 10.8 Å². The molecule has 4 heterocycles. The van der Waals surface area contributed by atoms with Crippen molar-refractivity contribution in [3.8, 4) is 11.4 Å². The van der Waals surface area contributed by atoms with Gasteiger partial charge in [0.25, 0.3) is 0 Å². The van der Waals surface area contributed by atoms with Crippen LogP contribution in [0.2, 0.25) is 0 Å². The molecule has 3 aliphatic rings. The van der Waals surface area contributed by atoms with Gasteiger partial charge in [0.2, 0.25) is 5.96 Å². The highest BCUT2D eigenvalue weighted by molar-refractivity contribution is 5.89. The van der Waals surface area contributed by atoms with Crippen LogP contribution in [0.4, 0.5) is 15.0 Å². The van der Waals surface area contributed by atoms with Crippen molar-refractivity contribution < 1.29 is 18.7 Å². The number of anilines is 1. The number of nitrogens with one attached hydrogen (secondary N) is 4. The fraction of sp³-hybridized carbons (Fsp3) is 0.465. The van der Waals surface area contributed by atoms with Crippen LogP contribution in [0.1, 0.15) is 94.3 Å². The molecule has 4 aromatic rings. The molecule has 0 unspecified atom stereocenters. The molecule has 13 nitrogen and oxygen atoms in total. The van der Waals surface area contributed by atoms with Crippen molar-refractivity contribution in [1.82, 2.24) is 34.4 Å². The maximum Gasteiger partial charge on any atom is 0.320 e. The largest absolute Gasteiger partial charge is 0.484 e. The first kappa shape index (κ1) is 41.3. The lowest BCUT2D eigenvalue weighted by Gasteiger charge is -2.33. The molecule has 2 fully saturated rings. The van der Waals surface area contributed by atoms with Crippen molar-refractivity contribution in [3.63, 3.8) is 0 Å². The van der Waals surface area contributed by atoms with Gasteiger partial charge in [-0.2, -0.15) is 5.10 Å². The van der Waals surface area contributed by atoms with Crippen molar-refractivity contribution >= 4 is 24.1 Å². The SMILES string of the molecule is CC=O.CN1CCN(Cc2ccc(F)c(-n3nc(C(C)(C)C)cc3NC(=O)N[C@H]3CC[C@@H](Oc4ccc(=N)n(C(=N)N5CCCCC5)c4)c4ccccc43)c2)CC1. The Balaban J connectivity index is 0.00000177. The fourth-order valence-corrected chi connectivity index (χ4v) is 7.59. The molecule has 2 saturated heterocycles. The minimum atomic E-state index is -0.414. The summed E-state index contributed by atoms with van der Waals surface area (Å²) in [6.07, 6.45) is 6.75. The maximum absolute atomic E-state index is 15.6. The van der Waals surface area contributed by atoms with Crippen molar-refractivity contribution in [2.45, 2.75) is 83.9 Å². The predicted octanol–water partition coefficient (Wildman–Crippen LogP) is 6.59. The Bertz CT molecular complexity index is 2090. The Labute approximate surface area is 334 Å². The number of carbonyl (C=O) groups excluding carboxylic acids is 2. The molecule has 2 atom stereocenters. The van der Waals surface area contributed by atoms with Gasteiger partial charge in [0.15, 0.2) is 0 Å². The normalized spacial score (nSPS) is 18.8. The van der Waals surface area contributed by atoms with Gasteiger partial charge in [-0.1, -0.05) is 51.1 Å². The summed E-state index contributed by atoms with van der Waals surface area (Å²) in [5.74, 6) is 0.850. The average molecular weight is 781 g/mol. The van der Waals surface area contributed by atoms with Crippen LogP contribution in [0, 0.1) is 16.6 Å². The zero-order valence-electron chi connectivity index (χ0n) is 33.9. The van der Waals surface area contributed by atoms with Crippen LogP contribution in [0.25, 0.3) is 5.69 Å². The van der Waals surface area contributed by atoms with Gasteiger partial charge in [-0.05, 0) is 87.0 Å². The van der Waals surface area contributed by atoms with Gasteiger partial charge in [0, 0.05) is 57.3 Å². The predicted molar refractivity (Wildman–Crippen MR) is 220 cm³/mol. The number of aromatic nitrogens is 3. The van der Waals surface area contributed by atoms with Crippen LogP contribution in [-0.4, -0.2) is 93.6 Å². The van der Waals surface area contributed by atoms with Crippen LogP contribution in [0.3, 0.4) is 0 Å². The lowest BCUT2D eigenvalue weighted by Crippen LogP contribution is -2.43. The number of pyridine rings is 1. The number of aldehydes is 1. The lowest BCUT2D eigenvalue weighted by atomic mass is 9.85. The summed E-state index contributed by atoms with van der Waals surface area (Å²) in [6, 6.07) is 17.7. The van der Waals surface area contributed by atoms with Gasteiger partial charge >= 0.3 is 6.03 Å². The third-order valence-electron chi connectivity index (χ3n) is 10.8. The number of rotatable bonds is 7. The number of piperazine rings is 1. The minimum absolute atomic E-state index is 0.231. The number of hydrogen-bond acceptors (Lipinski definition) is 8. The number of urea groups is 1. The molecule has 0 bridgehead atoms. The molecule has 1 aliphatic carbocycles. The number of amides is 2. The second-order valence-corrected chi connectivity index (χ2v) is 16.1. The number of ether oxygens (including phenoxy) is 1. The smallest absolute Gasteiger partial charge is 0.320 e. The minimum Gasteiger partial charge on any atom is -0.484 e. The van der Waals surface area contributed by atoms with Crippen LogP contribution >= 0.6 is 0 Å². The first-order valence-electron chi connectivity index (χ1n) is 20.0. The zero-order valence-corrected chi connectivity index (χ0v) is 33.9. The second-order valence-electron chi connectivity index (χ2n) is 16.1.